The van der Waals surface area contributed by atoms with Gasteiger partial charge < -0.3 is 5.11 Å². The molecule has 2 saturated heterocycles. The van der Waals surface area contributed by atoms with E-state index in [9.17, 15) is 13.5 Å². The Labute approximate surface area is 116 Å². The van der Waals surface area contributed by atoms with Crippen LogP contribution in [0.4, 0.5) is 0 Å². The molecule has 19 heavy (non-hydrogen) atoms. The van der Waals surface area contributed by atoms with Crippen LogP contribution in [0.3, 0.4) is 0 Å². The molecule has 1 N–H and O–H groups in total. The van der Waals surface area contributed by atoms with Gasteiger partial charge in [-0.2, -0.15) is 0 Å². The van der Waals surface area contributed by atoms with Crippen molar-refractivity contribution in [3.05, 3.63) is 0 Å². The van der Waals surface area contributed by atoms with Crippen LogP contribution in [0.5, 0.6) is 0 Å². The lowest BCUT2D eigenvalue weighted by atomic mass is 9.75. The molecule has 2 heterocycles. The van der Waals surface area contributed by atoms with Gasteiger partial charge in [-0.05, 0) is 38.0 Å². The van der Waals surface area contributed by atoms with Gasteiger partial charge in [0.1, 0.15) is 0 Å². The maximum Gasteiger partial charge on any atom is 0.156 e. The van der Waals surface area contributed by atoms with E-state index >= 15 is 0 Å². The summed E-state index contributed by atoms with van der Waals surface area (Å²) in [6.07, 6.45) is 10.8. The van der Waals surface area contributed by atoms with Crippen molar-refractivity contribution in [3.8, 4) is 0 Å². The Morgan fingerprint density at radius 3 is 2.05 bits per heavy atom. The molecule has 3 aliphatic rings. The quantitative estimate of drug-likeness (QED) is 0.849. The second kappa shape index (κ2) is 5.03. The van der Waals surface area contributed by atoms with Crippen LogP contribution in [0, 0.1) is 5.92 Å². The largest absolute Gasteiger partial charge is 0.390 e. The maximum atomic E-state index is 12.3. The van der Waals surface area contributed by atoms with Crippen LogP contribution in [0.15, 0.2) is 0 Å². The van der Waals surface area contributed by atoms with E-state index in [-0.39, 0.29) is 10.5 Å². The summed E-state index contributed by atoms with van der Waals surface area (Å²) in [4.78, 5) is 0. The van der Waals surface area contributed by atoms with Gasteiger partial charge in [0, 0.05) is 0 Å². The third-order valence-corrected chi connectivity index (χ3v) is 8.25. The first-order valence-corrected chi connectivity index (χ1v) is 9.56. The summed E-state index contributed by atoms with van der Waals surface area (Å²) >= 11 is 0. The number of rotatable bonds is 2. The summed E-state index contributed by atoms with van der Waals surface area (Å²) in [5, 5.41) is 10.4. The van der Waals surface area contributed by atoms with Crippen LogP contribution in [-0.2, 0) is 9.84 Å². The highest BCUT2D eigenvalue weighted by molar-refractivity contribution is 7.92. The van der Waals surface area contributed by atoms with Gasteiger partial charge in [-0.1, -0.05) is 38.5 Å². The molecule has 110 valence electrons. The lowest BCUT2D eigenvalue weighted by molar-refractivity contribution is -0.0167. The summed E-state index contributed by atoms with van der Waals surface area (Å²) in [5.74, 6) is 0.625. The van der Waals surface area contributed by atoms with Crippen molar-refractivity contribution in [2.45, 2.75) is 86.7 Å². The molecule has 0 aromatic rings. The molecule has 0 aromatic heterocycles. The highest BCUT2D eigenvalue weighted by Crippen LogP contribution is 2.45. The third-order valence-electron chi connectivity index (χ3n) is 5.59. The zero-order chi connectivity index (χ0) is 13.5. The zero-order valence-electron chi connectivity index (χ0n) is 11.7. The Hall–Kier alpha value is -0.0900. The van der Waals surface area contributed by atoms with Gasteiger partial charge in [-0.25, -0.2) is 8.42 Å². The molecular weight excluding hydrogens is 260 g/mol. The normalized spacial score (nSPS) is 43.0. The molecule has 4 heteroatoms. The molecule has 1 aliphatic carbocycles. The Morgan fingerprint density at radius 1 is 0.895 bits per heavy atom. The van der Waals surface area contributed by atoms with Crippen molar-refractivity contribution in [1.82, 2.24) is 0 Å². The lowest BCUT2D eigenvalue weighted by Crippen LogP contribution is -2.52. The van der Waals surface area contributed by atoms with Crippen LogP contribution in [0.25, 0.3) is 0 Å². The van der Waals surface area contributed by atoms with E-state index in [4.69, 9.17) is 0 Å². The van der Waals surface area contributed by atoms with E-state index < -0.39 is 15.4 Å². The topological polar surface area (TPSA) is 54.4 Å². The molecule has 1 saturated carbocycles. The summed E-state index contributed by atoms with van der Waals surface area (Å²) in [5.41, 5.74) is -0.691. The van der Waals surface area contributed by atoms with Crippen molar-refractivity contribution in [3.63, 3.8) is 0 Å². The number of hydrogen-bond acceptors (Lipinski definition) is 3. The van der Waals surface area contributed by atoms with Crippen LogP contribution in [-0.4, -0.2) is 29.6 Å². The minimum atomic E-state index is -2.94. The summed E-state index contributed by atoms with van der Waals surface area (Å²) in [6.45, 7) is 0. The Kier molecular flexibility index (Phi) is 3.67. The van der Waals surface area contributed by atoms with E-state index in [0.717, 1.165) is 25.7 Å². The minimum absolute atomic E-state index is 0.256. The first kappa shape index (κ1) is 13.9. The second-order valence-electron chi connectivity index (χ2n) is 7.10. The highest BCUT2D eigenvalue weighted by atomic mass is 32.2. The van der Waals surface area contributed by atoms with Crippen molar-refractivity contribution < 1.29 is 13.5 Å². The van der Waals surface area contributed by atoms with E-state index in [1.165, 1.54) is 32.1 Å². The smallest absolute Gasteiger partial charge is 0.156 e. The minimum Gasteiger partial charge on any atom is -0.390 e. The van der Waals surface area contributed by atoms with Crippen LogP contribution < -0.4 is 0 Å². The van der Waals surface area contributed by atoms with Gasteiger partial charge in [-0.3, -0.25) is 0 Å². The predicted molar refractivity (Wildman–Crippen MR) is 75.7 cm³/mol. The third kappa shape index (κ3) is 2.71. The van der Waals surface area contributed by atoms with Gasteiger partial charge in [0.25, 0.3) is 0 Å². The highest BCUT2D eigenvalue weighted by Gasteiger charge is 2.50. The molecule has 0 amide bonds. The molecule has 3 nitrogen and oxygen atoms in total. The molecule has 2 atom stereocenters. The Morgan fingerprint density at radius 2 is 1.47 bits per heavy atom. The van der Waals surface area contributed by atoms with Crippen LogP contribution in [0.2, 0.25) is 0 Å². The summed E-state index contributed by atoms with van der Waals surface area (Å²) in [7, 11) is -2.94. The molecule has 0 spiro atoms. The maximum absolute atomic E-state index is 12.3. The van der Waals surface area contributed by atoms with Gasteiger partial charge >= 0.3 is 0 Å². The lowest BCUT2D eigenvalue weighted by Gasteiger charge is -2.45. The average molecular weight is 286 g/mol. The first-order valence-electron chi connectivity index (χ1n) is 7.95. The second-order valence-corrected chi connectivity index (χ2v) is 9.62. The van der Waals surface area contributed by atoms with E-state index in [2.05, 4.69) is 0 Å². The van der Waals surface area contributed by atoms with Crippen molar-refractivity contribution in [2.24, 2.45) is 5.92 Å². The monoisotopic (exact) mass is 286 g/mol. The standard InChI is InChI=1S/C15H26O3S/c16-15(9-12-5-2-1-3-6-12)10-13-7-4-8-14(11-15)19(13,17)18/h12-14,16H,1-11H2. The van der Waals surface area contributed by atoms with Crippen molar-refractivity contribution in [1.29, 1.82) is 0 Å². The van der Waals surface area contributed by atoms with Crippen LogP contribution in [0.1, 0.15) is 70.6 Å². The van der Waals surface area contributed by atoms with Gasteiger partial charge in [0.05, 0.1) is 16.1 Å². The van der Waals surface area contributed by atoms with E-state index in [1.54, 1.807) is 0 Å². The van der Waals surface area contributed by atoms with E-state index in [0.29, 0.717) is 18.8 Å². The SMILES string of the molecule is O=S1(=O)C2CCCC1CC(O)(CC1CCCCC1)C2. The fourth-order valence-electron chi connectivity index (χ4n) is 4.64. The Bertz CT molecular complexity index is 403. The van der Waals surface area contributed by atoms with Gasteiger partial charge in [0.15, 0.2) is 9.84 Å². The summed E-state index contributed by atoms with van der Waals surface area (Å²) in [6, 6.07) is 0. The number of aliphatic hydroxyl groups is 1. The molecule has 2 bridgehead atoms. The molecular formula is C15H26O3S. The number of hydrogen-bond donors (Lipinski definition) is 1. The number of sulfone groups is 1. The molecule has 2 unspecified atom stereocenters. The van der Waals surface area contributed by atoms with E-state index in [1.807, 2.05) is 0 Å². The van der Waals surface area contributed by atoms with Crippen molar-refractivity contribution in [2.75, 3.05) is 0 Å². The molecule has 0 aromatic carbocycles. The predicted octanol–water partition coefficient (Wildman–Crippen LogP) is 2.82. The number of fused-ring (bicyclic) bond motifs is 2. The van der Waals surface area contributed by atoms with Crippen molar-refractivity contribution >= 4 is 9.84 Å². The zero-order valence-corrected chi connectivity index (χ0v) is 12.5. The van der Waals surface area contributed by atoms with Gasteiger partial charge in [0.2, 0.25) is 0 Å². The Balaban J connectivity index is 1.71. The summed E-state index contributed by atoms with van der Waals surface area (Å²) < 4.78 is 24.5. The molecule has 3 rings (SSSR count). The first-order chi connectivity index (χ1) is 9.00. The fraction of sp³-hybridized carbons (Fsp3) is 1.00. The molecule has 2 aliphatic heterocycles. The average Bonchev–Trinajstić information content (AvgIpc) is 2.33. The van der Waals surface area contributed by atoms with Gasteiger partial charge in [-0.15, -0.1) is 0 Å². The van der Waals surface area contributed by atoms with Crippen LogP contribution >= 0.6 is 0 Å². The fourth-order valence-corrected chi connectivity index (χ4v) is 7.26. The molecule has 0 radical (unpaired) electrons. The molecule has 3 fully saturated rings.